The number of sulfonamides is 1. The molecule has 30 heavy (non-hydrogen) atoms. The molecule has 2 aromatic carbocycles. The number of nitrogens with one attached hydrogen (secondary N) is 1. The highest BCUT2D eigenvalue weighted by Crippen LogP contribution is 2.30. The zero-order chi connectivity index (χ0) is 21.7. The molecule has 3 rings (SSSR count). The number of ether oxygens (including phenoxy) is 3. The molecule has 0 saturated carbocycles. The van der Waals surface area contributed by atoms with Gasteiger partial charge in [0, 0.05) is 0 Å². The minimum absolute atomic E-state index is 0.198. The zero-order valence-corrected chi connectivity index (χ0v) is 18.0. The number of nitrogens with zero attached hydrogens (tertiary/aromatic N) is 1. The van der Waals surface area contributed by atoms with Crippen LogP contribution in [0.25, 0.3) is 0 Å². The third-order valence-electron chi connectivity index (χ3n) is 4.73. The highest BCUT2D eigenvalue weighted by Gasteiger charge is 2.32. The third-order valence-corrected chi connectivity index (χ3v) is 5.91. The summed E-state index contributed by atoms with van der Waals surface area (Å²) in [5, 5.41) is 2.80. The van der Waals surface area contributed by atoms with Crippen LogP contribution < -0.4 is 23.8 Å². The number of methoxy groups -OCH3 is 1. The molecular formula is C21H26N2O6S. The number of carbonyl (C=O) groups is 1. The lowest BCUT2D eigenvalue weighted by atomic mass is 10.2. The second kappa shape index (κ2) is 9.25. The quantitative estimate of drug-likeness (QED) is 0.685. The van der Waals surface area contributed by atoms with Crippen LogP contribution >= 0.6 is 0 Å². The Bertz CT molecular complexity index is 977. The Balaban J connectivity index is 1.71. The Kier molecular flexibility index (Phi) is 6.71. The van der Waals surface area contributed by atoms with Crippen molar-refractivity contribution in [3.05, 3.63) is 48.5 Å². The van der Waals surface area contributed by atoms with E-state index in [1.165, 1.54) is 7.11 Å². The Morgan fingerprint density at radius 3 is 2.47 bits per heavy atom. The van der Waals surface area contributed by atoms with Crippen molar-refractivity contribution in [1.29, 1.82) is 0 Å². The second-order valence-electron chi connectivity index (χ2n) is 6.92. The summed E-state index contributed by atoms with van der Waals surface area (Å²) in [5.41, 5.74) is 0.395. The van der Waals surface area contributed by atoms with Crippen molar-refractivity contribution >= 4 is 21.6 Å². The standard InChI is InChI=1S/C21H26N2O6S/c1-4-18(23(30(3,25)26)15-9-11-16(27-2)12-10-15)21(24)22-13-17-14-28-19-7-5-6-8-20(19)29-17/h5-12,17-18H,4,13-14H2,1-3H3,(H,22,24)/t17-,18-/m0/s1. The van der Waals surface area contributed by atoms with Crippen molar-refractivity contribution < 1.29 is 27.4 Å². The number of carbonyl (C=O) groups excluding carboxylic acids is 1. The molecule has 0 radical (unpaired) electrons. The smallest absolute Gasteiger partial charge is 0.244 e. The van der Waals surface area contributed by atoms with Gasteiger partial charge in [-0.25, -0.2) is 8.42 Å². The predicted octanol–water partition coefficient (Wildman–Crippen LogP) is 2.20. The van der Waals surface area contributed by atoms with E-state index in [0.717, 1.165) is 10.6 Å². The summed E-state index contributed by atoms with van der Waals surface area (Å²) in [6.07, 6.45) is 1.02. The molecule has 1 aliphatic rings. The molecule has 0 saturated heterocycles. The van der Waals surface area contributed by atoms with E-state index in [2.05, 4.69) is 5.32 Å². The second-order valence-corrected chi connectivity index (χ2v) is 8.78. The summed E-state index contributed by atoms with van der Waals surface area (Å²) in [5.74, 6) is 1.47. The molecule has 0 aromatic heterocycles. The van der Waals surface area contributed by atoms with Gasteiger partial charge in [-0.05, 0) is 42.8 Å². The Hall–Kier alpha value is -2.94. The van der Waals surface area contributed by atoms with E-state index in [1.807, 2.05) is 18.2 Å². The monoisotopic (exact) mass is 434 g/mol. The Labute approximate surface area is 176 Å². The molecule has 2 aromatic rings. The summed E-state index contributed by atoms with van der Waals surface area (Å²) >= 11 is 0. The van der Waals surface area contributed by atoms with Crippen molar-refractivity contribution in [2.24, 2.45) is 0 Å². The first-order chi connectivity index (χ1) is 14.3. The van der Waals surface area contributed by atoms with Gasteiger partial charge in [-0.2, -0.15) is 0 Å². The first-order valence-electron chi connectivity index (χ1n) is 9.63. The normalized spacial score (nSPS) is 16.4. The van der Waals surface area contributed by atoms with E-state index < -0.39 is 22.0 Å². The zero-order valence-electron chi connectivity index (χ0n) is 17.2. The molecular weight excluding hydrogens is 408 g/mol. The van der Waals surface area contributed by atoms with Crippen LogP contribution in [0.5, 0.6) is 17.2 Å². The number of fused-ring (bicyclic) bond motifs is 1. The van der Waals surface area contributed by atoms with E-state index in [1.54, 1.807) is 37.3 Å². The van der Waals surface area contributed by atoms with E-state index in [-0.39, 0.29) is 12.6 Å². The molecule has 0 fully saturated rings. The first kappa shape index (κ1) is 21.8. The van der Waals surface area contributed by atoms with Crippen LogP contribution in [0, 0.1) is 0 Å². The summed E-state index contributed by atoms with van der Waals surface area (Å²) < 4.78 is 42.8. The fourth-order valence-electron chi connectivity index (χ4n) is 3.29. The molecule has 0 bridgehead atoms. The number of hydrogen-bond acceptors (Lipinski definition) is 6. The van der Waals surface area contributed by atoms with Gasteiger partial charge in [0.25, 0.3) is 0 Å². The molecule has 162 valence electrons. The average Bonchev–Trinajstić information content (AvgIpc) is 2.75. The maximum Gasteiger partial charge on any atom is 0.244 e. The topological polar surface area (TPSA) is 94.2 Å². The molecule has 0 aliphatic carbocycles. The number of para-hydroxylation sites is 2. The summed E-state index contributed by atoms with van der Waals surface area (Å²) in [7, 11) is -2.17. The molecule has 8 nitrogen and oxygen atoms in total. The molecule has 1 aliphatic heterocycles. The van der Waals surface area contributed by atoms with Crippen molar-refractivity contribution in [1.82, 2.24) is 5.32 Å². The van der Waals surface area contributed by atoms with Crippen molar-refractivity contribution in [3.8, 4) is 17.2 Å². The van der Waals surface area contributed by atoms with Crippen molar-refractivity contribution in [2.75, 3.05) is 30.8 Å². The van der Waals surface area contributed by atoms with Crippen LogP contribution in [0.1, 0.15) is 13.3 Å². The highest BCUT2D eigenvalue weighted by molar-refractivity contribution is 7.92. The van der Waals surface area contributed by atoms with Gasteiger partial charge in [0.1, 0.15) is 24.5 Å². The maximum atomic E-state index is 12.9. The van der Waals surface area contributed by atoms with Gasteiger partial charge >= 0.3 is 0 Å². The van der Waals surface area contributed by atoms with Gasteiger partial charge in [0.05, 0.1) is 25.6 Å². The SMILES string of the molecule is CC[C@@H](C(=O)NC[C@H]1COc2ccccc2O1)N(c1ccc(OC)cc1)S(C)(=O)=O. The number of hydrogen-bond donors (Lipinski definition) is 1. The first-order valence-corrected chi connectivity index (χ1v) is 11.5. The lowest BCUT2D eigenvalue weighted by molar-refractivity contribution is -0.122. The molecule has 1 heterocycles. The van der Waals surface area contributed by atoms with Crippen LogP contribution in [0.15, 0.2) is 48.5 Å². The number of anilines is 1. The maximum absolute atomic E-state index is 12.9. The van der Waals surface area contributed by atoms with Crippen molar-refractivity contribution in [3.63, 3.8) is 0 Å². The van der Waals surface area contributed by atoms with Crippen LogP contribution in [0.3, 0.4) is 0 Å². The molecule has 9 heteroatoms. The lowest BCUT2D eigenvalue weighted by Gasteiger charge is -2.31. The van der Waals surface area contributed by atoms with E-state index in [0.29, 0.717) is 36.0 Å². The Morgan fingerprint density at radius 1 is 1.20 bits per heavy atom. The number of rotatable bonds is 8. The van der Waals surface area contributed by atoms with Gasteiger partial charge in [0.15, 0.2) is 11.5 Å². The summed E-state index contributed by atoms with van der Waals surface area (Å²) in [6, 6.07) is 13.0. The van der Waals surface area contributed by atoms with Crippen LogP contribution in [0.2, 0.25) is 0 Å². The molecule has 1 N–H and O–H groups in total. The Morgan fingerprint density at radius 2 is 1.87 bits per heavy atom. The molecule has 2 atom stereocenters. The summed E-state index contributed by atoms with van der Waals surface area (Å²) in [6.45, 7) is 2.26. The van der Waals surface area contributed by atoms with Crippen molar-refractivity contribution in [2.45, 2.75) is 25.5 Å². The van der Waals surface area contributed by atoms with Gasteiger partial charge in [-0.3, -0.25) is 9.10 Å². The number of amides is 1. The van der Waals surface area contributed by atoms with E-state index >= 15 is 0 Å². The predicted molar refractivity (Wildman–Crippen MR) is 114 cm³/mol. The van der Waals surface area contributed by atoms with Crippen LogP contribution in [-0.4, -0.2) is 53.0 Å². The van der Waals surface area contributed by atoms with Gasteiger partial charge < -0.3 is 19.5 Å². The molecule has 1 amide bonds. The highest BCUT2D eigenvalue weighted by atomic mass is 32.2. The van der Waals surface area contributed by atoms with E-state index in [4.69, 9.17) is 14.2 Å². The third kappa shape index (κ3) is 4.96. The van der Waals surface area contributed by atoms with Crippen LogP contribution in [0.4, 0.5) is 5.69 Å². The minimum atomic E-state index is -3.70. The average molecular weight is 435 g/mol. The lowest BCUT2D eigenvalue weighted by Crippen LogP contribution is -2.51. The molecule has 0 unspecified atom stereocenters. The van der Waals surface area contributed by atoms with Gasteiger partial charge in [-0.15, -0.1) is 0 Å². The fourth-order valence-corrected chi connectivity index (χ4v) is 4.50. The minimum Gasteiger partial charge on any atom is -0.497 e. The largest absolute Gasteiger partial charge is 0.497 e. The number of benzene rings is 2. The molecule has 0 spiro atoms. The van der Waals surface area contributed by atoms with Gasteiger partial charge in [-0.1, -0.05) is 19.1 Å². The van der Waals surface area contributed by atoms with Gasteiger partial charge in [0.2, 0.25) is 15.9 Å². The fraction of sp³-hybridized carbons (Fsp3) is 0.381. The summed E-state index contributed by atoms with van der Waals surface area (Å²) in [4.78, 5) is 12.9. The van der Waals surface area contributed by atoms with E-state index in [9.17, 15) is 13.2 Å². The van der Waals surface area contributed by atoms with Crippen LogP contribution in [-0.2, 0) is 14.8 Å².